The molecule has 0 aromatic heterocycles. The van der Waals surface area contributed by atoms with Gasteiger partial charge in [-0.25, -0.2) is 0 Å². The van der Waals surface area contributed by atoms with Gasteiger partial charge in [0.25, 0.3) is 0 Å². The fourth-order valence-electron chi connectivity index (χ4n) is 4.02. The van der Waals surface area contributed by atoms with Crippen molar-refractivity contribution in [2.45, 2.75) is 45.3 Å². The van der Waals surface area contributed by atoms with Gasteiger partial charge in [0.05, 0.1) is 12.7 Å². The van der Waals surface area contributed by atoms with Crippen molar-refractivity contribution in [3.05, 3.63) is 29.3 Å². The summed E-state index contributed by atoms with van der Waals surface area (Å²) in [6.45, 7) is 8.30. The third-order valence-electron chi connectivity index (χ3n) is 5.30. The van der Waals surface area contributed by atoms with Crippen LogP contribution in [0.3, 0.4) is 0 Å². The molecule has 4 heteroatoms. The van der Waals surface area contributed by atoms with E-state index in [2.05, 4.69) is 36.9 Å². The molecule has 0 saturated carbocycles. The van der Waals surface area contributed by atoms with Gasteiger partial charge < -0.3 is 14.6 Å². The van der Waals surface area contributed by atoms with Crippen LogP contribution in [0.15, 0.2) is 18.2 Å². The van der Waals surface area contributed by atoms with Crippen LogP contribution in [-0.4, -0.2) is 55.1 Å². The van der Waals surface area contributed by atoms with E-state index in [1.54, 1.807) is 0 Å². The highest BCUT2D eigenvalue weighted by Gasteiger charge is 2.37. The van der Waals surface area contributed by atoms with Crippen molar-refractivity contribution >= 4 is 0 Å². The first kappa shape index (κ1) is 16.7. The van der Waals surface area contributed by atoms with E-state index in [4.69, 9.17) is 9.47 Å². The average Bonchev–Trinajstić information content (AvgIpc) is 2.99. The molecule has 4 nitrogen and oxygen atoms in total. The standard InChI is InChI=1S/C19H29NO3/c1-14-5-3-6-15(2)19(14)23-12-10-20-9-4-7-17(20)16-13-22-11-8-18(16)21/h3,5-6,16-18,21H,4,7-13H2,1-2H3/t16-,17-,18-/m1/s1. The van der Waals surface area contributed by atoms with Crippen molar-refractivity contribution in [2.75, 3.05) is 32.9 Å². The zero-order valence-electron chi connectivity index (χ0n) is 14.3. The second-order valence-corrected chi connectivity index (χ2v) is 6.91. The summed E-state index contributed by atoms with van der Waals surface area (Å²) in [6, 6.07) is 6.69. The molecule has 0 bridgehead atoms. The number of aliphatic hydroxyl groups excluding tert-OH is 1. The SMILES string of the molecule is Cc1cccc(C)c1OCCN1CCC[C@@H]1[C@H]1COCC[C@H]1O. The van der Waals surface area contributed by atoms with Crippen LogP contribution in [0.2, 0.25) is 0 Å². The summed E-state index contributed by atoms with van der Waals surface area (Å²) in [5, 5.41) is 10.3. The molecule has 0 unspecified atom stereocenters. The topological polar surface area (TPSA) is 41.9 Å². The Bertz CT molecular complexity index is 499. The second kappa shape index (κ2) is 7.65. The molecule has 128 valence electrons. The summed E-state index contributed by atoms with van der Waals surface area (Å²) in [4.78, 5) is 2.48. The van der Waals surface area contributed by atoms with Crippen LogP contribution < -0.4 is 4.74 Å². The first-order valence-corrected chi connectivity index (χ1v) is 8.85. The van der Waals surface area contributed by atoms with Crippen LogP contribution in [0.1, 0.15) is 30.4 Å². The Balaban J connectivity index is 1.55. The molecule has 0 radical (unpaired) electrons. The van der Waals surface area contributed by atoms with E-state index < -0.39 is 0 Å². The molecule has 3 atom stereocenters. The summed E-state index contributed by atoms with van der Waals surface area (Å²) in [7, 11) is 0. The zero-order valence-corrected chi connectivity index (χ0v) is 14.3. The lowest BCUT2D eigenvalue weighted by Gasteiger charge is -2.37. The second-order valence-electron chi connectivity index (χ2n) is 6.91. The molecule has 2 heterocycles. The molecule has 2 fully saturated rings. The fraction of sp³-hybridized carbons (Fsp3) is 0.684. The largest absolute Gasteiger partial charge is 0.492 e. The molecule has 1 aromatic rings. The van der Waals surface area contributed by atoms with Gasteiger partial charge >= 0.3 is 0 Å². The predicted octanol–water partition coefficient (Wildman–Crippen LogP) is 2.54. The van der Waals surface area contributed by atoms with Crippen molar-refractivity contribution in [2.24, 2.45) is 5.92 Å². The lowest BCUT2D eigenvalue weighted by Crippen LogP contribution is -2.47. The summed E-state index contributed by atoms with van der Waals surface area (Å²) >= 11 is 0. The summed E-state index contributed by atoms with van der Waals surface area (Å²) in [6.07, 6.45) is 2.92. The number of aryl methyl sites for hydroxylation is 2. The van der Waals surface area contributed by atoms with Gasteiger partial charge in [-0.15, -0.1) is 0 Å². The predicted molar refractivity (Wildman–Crippen MR) is 90.9 cm³/mol. The molecule has 2 saturated heterocycles. The Morgan fingerprint density at radius 3 is 2.78 bits per heavy atom. The molecule has 0 spiro atoms. The van der Waals surface area contributed by atoms with Crippen molar-refractivity contribution in [3.63, 3.8) is 0 Å². The van der Waals surface area contributed by atoms with Gasteiger partial charge in [-0.1, -0.05) is 18.2 Å². The minimum Gasteiger partial charge on any atom is -0.492 e. The fourth-order valence-corrected chi connectivity index (χ4v) is 4.02. The minimum atomic E-state index is -0.214. The number of para-hydroxylation sites is 1. The van der Waals surface area contributed by atoms with Gasteiger partial charge in [0, 0.05) is 25.1 Å². The van der Waals surface area contributed by atoms with E-state index in [-0.39, 0.29) is 12.0 Å². The Kier molecular flexibility index (Phi) is 5.57. The van der Waals surface area contributed by atoms with Gasteiger partial charge in [0.15, 0.2) is 0 Å². The quantitative estimate of drug-likeness (QED) is 0.906. The molecule has 0 amide bonds. The van der Waals surface area contributed by atoms with E-state index in [9.17, 15) is 5.11 Å². The van der Waals surface area contributed by atoms with Gasteiger partial charge in [-0.2, -0.15) is 0 Å². The highest BCUT2D eigenvalue weighted by molar-refractivity contribution is 5.39. The number of aliphatic hydroxyl groups is 1. The number of ether oxygens (including phenoxy) is 2. The highest BCUT2D eigenvalue weighted by Crippen LogP contribution is 2.30. The number of hydrogen-bond acceptors (Lipinski definition) is 4. The molecule has 2 aliphatic rings. The number of benzene rings is 1. The van der Waals surface area contributed by atoms with Crippen LogP contribution >= 0.6 is 0 Å². The van der Waals surface area contributed by atoms with E-state index in [0.717, 1.165) is 31.7 Å². The van der Waals surface area contributed by atoms with Gasteiger partial charge in [0.2, 0.25) is 0 Å². The van der Waals surface area contributed by atoms with E-state index in [1.165, 1.54) is 17.5 Å². The maximum atomic E-state index is 10.3. The smallest absolute Gasteiger partial charge is 0.125 e. The van der Waals surface area contributed by atoms with E-state index in [1.807, 2.05) is 0 Å². The van der Waals surface area contributed by atoms with Crippen molar-refractivity contribution in [3.8, 4) is 5.75 Å². The molecular weight excluding hydrogens is 290 g/mol. The molecule has 0 aliphatic carbocycles. The highest BCUT2D eigenvalue weighted by atomic mass is 16.5. The molecule has 1 N–H and O–H groups in total. The third kappa shape index (κ3) is 3.87. The summed E-state index contributed by atoms with van der Waals surface area (Å²) < 4.78 is 11.7. The monoisotopic (exact) mass is 319 g/mol. The molecule has 1 aromatic carbocycles. The Morgan fingerprint density at radius 1 is 1.26 bits per heavy atom. The Morgan fingerprint density at radius 2 is 2.04 bits per heavy atom. The van der Waals surface area contributed by atoms with Crippen LogP contribution in [0.25, 0.3) is 0 Å². The first-order chi connectivity index (χ1) is 11.2. The van der Waals surface area contributed by atoms with Crippen LogP contribution in [0.5, 0.6) is 5.75 Å². The third-order valence-corrected chi connectivity index (χ3v) is 5.30. The van der Waals surface area contributed by atoms with Crippen LogP contribution in [0.4, 0.5) is 0 Å². The summed E-state index contributed by atoms with van der Waals surface area (Å²) in [5.74, 6) is 1.27. The van der Waals surface area contributed by atoms with Crippen LogP contribution in [-0.2, 0) is 4.74 Å². The number of likely N-dealkylation sites (tertiary alicyclic amines) is 1. The maximum absolute atomic E-state index is 10.3. The molecule has 3 rings (SSSR count). The molecular formula is C19H29NO3. The average molecular weight is 319 g/mol. The van der Waals surface area contributed by atoms with Gasteiger partial charge in [-0.05, 0) is 50.8 Å². The molecule has 2 aliphatic heterocycles. The summed E-state index contributed by atoms with van der Waals surface area (Å²) in [5.41, 5.74) is 2.39. The van der Waals surface area contributed by atoms with E-state index >= 15 is 0 Å². The normalized spacial score (nSPS) is 28.9. The van der Waals surface area contributed by atoms with Crippen LogP contribution in [0, 0.1) is 19.8 Å². The Hall–Kier alpha value is -1.10. The van der Waals surface area contributed by atoms with Gasteiger partial charge in [-0.3, -0.25) is 4.90 Å². The van der Waals surface area contributed by atoms with Crippen molar-refractivity contribution in [1.82, 2.24) is 4.90 Å². The molecule has 23 heavy (non-hydrogen) atoms. The Labute approximate surface area is 139 Å². The van der Waals surface area contributed by atoms with Crippen molar-refractivity contribution in [1.29, 1.82) is 0 Å². The number of rotatable bonds is 5. The number of hydrogen-bond donors (Lipinski definition) is 1. The maximum Gasteiger partial charge on any atom is 0.125 e. The van der Waals surface area contributed by atoms with Gasteiger partial charge in [0.1, 0.15) is 12.4 Å². The number of nitrogens with zero attached hydrogens (tertiary/aromatic N) is 1. The van der Waals surface area contributed by atoms with Crippen molar-refractivity contribution < 1.29 is 14.6 Å². The first-order valence-electron chi connectivity index (χ1n) is 8.85. The lowest BCUT2D eigenvalue weighted by atomic mass is 9.89. The lowest BCUT2D eigenvalue weighted by molar-refractivity contribution is -0.0634. The minimum absolute atomic E-state index is 0.214. The zero-order chi connectivity index (χ0) is 16.2. The van der Waals surface area contributed by atoms with E-state index in [0.29, 0.717) is 25.9 Å².